The number of aliphatic hydroxyl groups is 1. The summed E-state index contributed by atoms with van der Waals surface area (Å²) in [5.41, 5.74) is 10.9. The lowest BCUT2D eigenvalue weighted by molar-refractivity contribution is -0.146. The van der Waals surface area contributed by atoms with Crippen molar-refractivity contribution in [3.8, 4) is 0 Å². The summed E-state index contributed by atoms with van der Waals surface area (Å²) in [6, 6.07) is 3.29. The molecule has 0 aliphatic carbocycles. The number of methoxy groups -OCH3 is 1. The molecule has 0 amide bonds. The summed E-state index contributed by atoms with van der Waals surface area (Å²) in [6.07, 6.45) is 4.30. The Balaban J connectivity index is 2.14. The molecule has 1 N–H and O–H groups in total. The van der Waals surface area contributed by atoms with Gasteiger partial charge in [-0.05, 0) is 73.1 Å². The second-order valence-electron chi connectivity index (χ2n) is 9.45. The first kappa shape index (κ1) is 26.1. The number of azide groups is 1. The van der Waals surface area contributed by atoms with Crippen molar-refractivity contribution >= 4 is 5.97 Å². The molecule has 0 spiro atoms. The fourth-order valence-electron chi connectivity index (χ4n) is 4.41. The number of ether oxygens (including phenoxy) is 2. The molecule has 1 aliphatic rings. The van der Waals surface area contributed by atoms with Crippen molar-refractivity contribution in [2.45, 2.75) is 78.0 Å². The molecule has 32 heavy (non-hydrogen) atoms. The van der Waals surface area contributed by atoms with Crippen LogP contribution in [0.2, 0.25) is 0 Å². The zero-order chi connectivity index (χ0) is 23.7. The molecule has 8 nitrogen and oxygen atoms in total. The van der Waals surface area contributed by atoms with Gasteiger partial charge in [0.15, 0.2) is 0 Å². The molecule has 8 heteroatoms. The summed E-state index contributed by atoms with van der Waals surface area (Å²) in [5.74, 6) is -0.259. The van der Waals surface area contributed by atoms with E-state index in [4.69, 9.17) is 15.0 Å². The van der Waals surface area contributed by atoms with E-state index in [1.165, 1.54) is 0 Å². The highest BCUT2D eigenvalue weighted by atomic mass is 16.6. The number of pyridine rings is 1. The molecule has 0 radical (unpaired) electrons. The third-order valence-corrected chi connectivity index (χ3v) is 6.48. The topological polar surface area (TPSA) is 117 Å². The van der Waals surface area contributed by atoms with Gasteiger partial charge in [0.2, 0.25) is 0 Å². The van der Waals surface area contributed by atoms with Gasteiger partial charge in [0.05, 0.1) is 18.1 Å². The average Bonchev–Trinajstić information content (AvgIpc) is 3.15. The number of aryl methyl sites for hydroxylation is 1. The van der Waals surface area contributed by atoms with Crippen LogP contribution in [-0.2, 0) is 20.7 Å². The van der Waals surface area contributed by atoms with Crippen molar-refractivity contribution in [3.63, 3.8) is 0 Å². The minimum absolute atomic E-state index is 0.137. The van der Waals surface area contributed by atoms with E-state index in [1.54, 1.807) is 13.3 Å². The van der Waals surface area contributed by atoms with E-state index < -0.39 is 18.2 Å². The first-order chi connectivity index (χ1) is 15.3. The SMILES string of the molecule is COCCCCc1cc(C(O)C(CC(N=[N+]=[N-])C2CC(C(C)C)C(=O)O2)C(C)C)ccn1. The van der Waals surface area contributed by atoms with Gasteiger partial charge >= 0.3 is 5.97 Å². The van der Waals surface area contributed by atoms with Crippen LogP contribution in [0.15, 0.2) is 23.4 Å². The maximum Gasteiger partial charge on any atom is 0.309 e. The molecule has 2 heterocycles. The molecular formula is C24H38N4O4. The third kappa shape index (κ3) is 7.19. The Morgan fingerprint density at radius 3 is 2.69 bits per heavy atom. The number of rotatable bonds is 13. The van der Waals surface area contributed by atoms with E-state index in [-0.39, 0.29) is 29.6 Å². The minimum Gasteiger partial charge on any atom is -0.462 e. The molecule has 5 atom stereocenters. The maximum absolute atomic E-state index is 12.3. The average molecular weight is 447 g/mol. The van der Waals surface area contributed by atoms with Crippen LogP contribution in [0.3, 0.4) is 0 Å². The molecule has 2 rings (SSSR count). The van der Waals surface area contributed by atoms with E-state index in [1.807, 2.05) is 39.8 Å². The highest BCUT2D eigenvalue weighted by Gasteiger charge is 2.41. The van der Waals surface area contributed by atoms with Gasteiger partial charge in [0.25, 0.3) is 0 Å². The molecule has 178 valence electrons. The zero-order valence-corrected chi connectivity index (χ0v) is 20.0. The number of cyclic esters (lactones) is 1. The van der Waals surface area contributed by atoms with Crippen molar-refractivity contribution in [1.29, 1.82) is 0 Å². The number of carbonyl (C=O) groups excluding carboxylic acids is 1. The quantitative estimate of drug-likeness (QED) is 0.150. The molecule has 0 bridgehead atoms. The Hall–Kier alpha value is -2.15. The Kier molecular flexibility index (Phi) is 10.4. The van der Waals surface area contributed by atoms with Crippen LogP contribution < -0.4 is 0 Å². The Labute approximate surface area is 191 Å². The summed E-state index contributed by atoms with van der Waals surface area (Å²) in [7, 11) is 1.69. The smallest absolute Gasteiger partial charge is 0.309 e. The number of hydrogen-bond acceptors (Lipinski definition) is 6. The van der Waals surface area contributed by atoms with Crippen molar-refractivity contribution < 1.29 is 19.4 Å². The van der Waals surface area contributed by atoms with Crippen LogP contribution >= 0.6 is 0 Å². The van der Waals surface area contributed by atoms with Crippen LogP contribution in [0.25, 0.3) is 10.4 Å². The zero-order valence-electron chi connectivity index (χ0n) is 20.0. The van der Waals surface area contributed by atoms with E-state index in [0.29, 0.717) is 12.8 Å². The number of hydrogen-bond donors (Lipinski definition) is 1. The summed E-state index contributed by atoms with van der Waals surface area (Å²) in [5, 5.41) is 15.2. The molecule has 1 fully saturated rings. The number of unbranched alkanes of at least 4 members (excludes halogenated alkanes) is 1. The van der Waals surface area contributed by atoms with Gasteiger partial charge in [-0.15, -0.1) is 0 Å². The van der Waals surface area contributed by atoms with Gasteiger partial charge in [-0.2, -0.15) is 0 Å². The number of esters is 1. The van der Waals surface area contributed by atoms with Crippen LogP contribution in [0.5, 0.6) is 0 Å². The molecule has 1 aliphatic heterocycles. The lowest BCUT2D eigenvalue weighted by atomic mass is 9.80. The number of carbonyl (C=O) groups is 1. The number of nitrogens with zero attached hydrogens (tertiary/aromatic N) is 4. The van der Waals surface area contributed by atoms with E-state index in [2.05, 4.69) is 15.0 Å². The Bertz CT molecular complexity index is 779. The summed E-state index contributed by atoms with van der Waals surface area (Å²) in [4.78, 5) is 19.7. The highest BCUT2D eigenvalue weighted by Crippen LogP contribution is 2.37. The standard InChI is InChI=1S/C24H38N4O4/c1-15(2)19(13-21(27-28-25)22-14-20(16(3)4)24(30)32-22)23(29)17-9-10-26-18(12-17)8-6-7-11-31-5/h9-10,12,15-16,19-23,29H,6-8,11,13-14H2,1-5H3. The van der Waals surface area contributed by atoms with Crippen LogP contribution in [0, 0.1) is 23.7 Å². The predicted molar refractivity (Wildman–Crippen MR) is 123 cm³/mol. The minimum atomic E-state index is -0.731. The lowest BCUT2D eigenvalue weighted by Gasteiger charge is -2.30. The molecular weight excluding hydrogens is 408 g/mol. The Morgan fingerprint density at radius 2 is 2.09 bits per heavy atom. The van der Waals surface area contributed by atoms with Crippen LogP contribution in [0.1, 0.15) is 70.7 Å². The van der Waals surface area contributed by atoms with Crippen molar-refractivity contribution in [2.24, 2.45) is 28.8 Å². The Morgan fingerprint density at radius 1 is 1.34 bits per heavy atom. The van der Waals surface area contributed by atoms with E-state index in [0.717, 1.165) is 37.1 Å². The fraction of sp³-hybridized carbons (Fsp3) is 0.750. The normalized spacial score (nSPS) is 21.3. The first-order valence-electron chi connectivity index (χ1n) is 11.6. The van der Waals surface area contributed by atoms with Crippen LogP contribution in [0.4, 0.5) is 0 Å². The van der Waals surface area contributed by atoms with Crippen molar-refractivity contribution in [3.05, 3.63) is 40.0 Å². The van der Waals surface area contributed by atoms with Gasteiger partial charge < -0.3 is 14.6 Å². The lowest BCUT2D eigenvalue weighted by Crippen LogP contribution is -2.31. The van der Waals surface area contributed by atoms with Gasteiger partial charge in [-0.3, -0.25) is 9.78 Å². The fourth-order valence-corrected chi connectivity index (χ4v) is 4.41. The van der Waals surface area contributed by atoms with Crippen LogP contribution in [-0.4, -0.2) is 41.9 Å². The van der Waals surface area contributed by atoms with Gasteiger partial charge in [-0.1, -0.05) is 32.8 Å². The van der Waals surface area contributed by atoms with E-state index in [9.17, 15) is 9.90 Å². The highest BCUT2D eigenvalue weighted by molar-refractivity contribution is 5.75. The third-order valence-electron chi connectivity index (χ3n) is 6.48. The number of aromatic nitrogens is 1. The molecule has 0 aromatic carbocycles. The molecule has 1 aromatic heterocycles. The van der Waals surface area contributed by atoms with E-state index >= 15 is 0 Å². The molecule has 0 saturated carbocycles. The summed E-state index contributed by atoms with van der Waals surface area (Å²) < 4.78 is 10.7. The second-order valence-corrected chi connectivity index (χ2v) is 9.45. The first-order valence-corrected chi connectivity index (χ1v) is 11.6. The van der Waals surface area contributed by atoms with Crippen molar-refractivity contribution in [1.82, 2.24) is 4.98 Å². The number of aliphatic hydroxyl groups excluding tert-OH is 1. The summed E-state index contributed by atoms with van der Waals surface area (Å²) >= 11 is 0. The molecule has 1 aromatic rings. The molecule has 5 unspecified atom stereocenters. The summed E-state index contributed by atoms with van der Waals surface area (Å²) in [6.45, 7) is 8.81. The second kappa shape index (κ2) is 12.8. The molecule has 1 saturated heterocycles. The monoisotopic (exact) mass is 446 g/mol. The maximum atomic E-state index is 12.3. The van der Waals surface area contributed by atoms with Crippen molar-refractivity contribution in [2.75, 3.05) is 13.7 Å². The predicted octanol–water partition coefficient (Wildman–Crippen LogP) is 5.01. The van der Waals surface area contributed by atoms with Gasteiger partial charge in [-0.25, -0.2) is 0 Å². The van der Waals surface area contributed by atoms with Gasteiger partial charge in [0, 0.05) is 30.5 Å². The largest absolute Gasteiger partial charge is 0.462 e. The van der Waals surface area contributed by atoms with Gasteiger partial charge in [0.1, 0.15) is 6.10 Å².